The van der Waals surface area contributed by atoms with E-state index in [2.05, 4.69) is 67.7 Å². The van der Waals surface area contributed by atoms with Gasteiger partial charge in [0.05, 0.1) is 0 Å². The van der Waals surface area contributed by atoms with Crippen LogP contribution < -0.4 is 0 Å². The van der Waals surface area contributed by atoms with Crippen LogP contribution in [0, 0.1) is 11.8 Å². The van der Waals surface area contributed by atoms with Crippen LogP contribution in [-0.4, -0.2) is 52.3 Å². The lowest BCUT2D eigenvalue weighted by Crippen LogP contribution is -2.44. The SMILES string of the molecule is CC(C)(C)[Si](C)(C)OC1CCC(CO)CC1.CC(C)(C)[Si](C)(C)OC1CCC(CO)CC1. The summed E-state index contributed by atoms with van der Waals surface area (Å²) in [6.07, 6.45) is 9.98. The summed E-state index contributed by atoms with van der Waals surface area (Å²) in [5.41, 5.74) is 0. The van der Waals surface area contributed by atoms with Crippen molar-refractivity contribution in [1.29, 1.82) is 0 Å². The van der Waals surface area contributed by atoms with E-state index < -0.39 is 16.6 Å². The summed E-state index contributed by atoms with van der Waals surface area (Å²) in [5.74, 6) is 1.05. The van der Waals surface area contributed by atoms with E-state index in [0.717, 1.165) is 51.4 Å². The van der Waals surface area contributed by atoms with Crippen molar-refractivity contribution in [3.63, 3.8) is 0 Å². The van der Waals surface area contributed by atoms with Crippen LogP contribution >= 0.6 is 0 Å². The van der Waals surface area contributed by atoms with Crippen molar-refractivity contribution in [2.75, 3.05) is 13.2 Å². The van der Waals surface area contributed by atoms with Gasteiger partial charge >= 0.3 is 0 Å². The third-order valence-corrected chi connectivity index (χ3v) is 17.7. The van der Waals surface area contributed by atoms with Crippen molar-refractivity contribution < 1.29 is 19.1 Å². The first-order chi connectivity index (χ1) is 14.5. The third-order valence-electron chi connectivity index (χ3n) is 8.64. The molecule has 0 atom stereocenters. The van der Waals surface area contributed by atoms with Gasteiger partial charge in [0.25, 0.3) is 0 Å². The molecule has 4 nitrogen and oxygen atoms in total. The second kappa shape index (κ2) is 12.3. The van der Waals surface area contributed by atoms with Gasteiger partial charge in [0, 0.05) is 25.4 Å². The highest BCUT2D eigenvalue weighted by Gasteiger charge is 2.40. The van der Waals surface area contributed by atoms with E-state index in [9.17, 15) is 0 Å². The summed E-state index contributed by atoms with van der Waals surface area (Å²) >= 11 is 0. The topological polar surface area (TPSA) is 58.9 Å². The van der Waals surface area contributed by atoms with E-state index >= 15 is 0 Å². The molecule has 0 spiro atoms. The van der Waals surface area contributed by atoms with Gasteiger partial charge in [-0.2, -0.15) is 0 Å². The maximum Gasteiger partial charge on any atom is 0.192 e. The minimum absolute atomic E-state index is 0.306. The zero-order valence-corrected chi connectivity index (χ0v) is 25.1. The minimum atomic E-state index is -1.59. The van der Waals surface area contributed by atoms with E-state index in [1.807, 2.05) is 0 Å². The molecule has 192 valence electrons. The van der Waals surface area contributed by atoms with Crippen molar-refractivity contribution in [1.82, 2.24) is 0 Å². The molecular weight excluding hydrogens is 432 g/mol. The summed E-state index contributed by atoms with van der Waals surface area (Å²) in [6.45, 7) is 23.7. The Morgan fingerprint density at radius 2 is 0.812 bits per heavy atom. The molecule has 0 radical (unpaired) electrons. The molecule has 2 N–H and O–H groups in total. The Labute approximate surface area is 202 Å². The second-order valence-electron chi connectivity index (χ2n) is 13.4. The van der Waals surface area contributed by atoms with Crippen LogP contribution in [0.4, 0.5) is 0 Å². The molecule has 0 aromatic heterocycles. The largest absolute Gasteiger partial charge is 0.414 e. The maximum atomic E-state index is 9.11. The van der Waals surface area contributed by atoms with E-state index in [-0.39, 0.29) is 0 Å². The lowest BCUT2D eigenvalue weighted by molar-refractivity contribution is 0.0935. The fourth-order valence-corrected chi connectivity index (χ4v) is 6.90. The van der Waals surface area contributed by atoms with Crippen molar-refractivity contribution in [2.45, 2.75) is 141 Å². The number of aliphatic hydroxyl groups excluding tert-OH is 2. The number of hydrogen-bond donors (Lipinski definition) is 2. The molecule has 0 amide bonds. The van der Waals surface area contributed by atoms with Crippen LogP contribution in [0.5, 0.6) is 0 Å². The van der Waals surface area contributed by atoms with Crippen LogP contribution in [0.15, 0.2) is 0 Å². The highest BCUT2D eigenvalue weighted by atomic mass is 28.4. The number of hydrogen-bond acceptors (Lipinski definition) is 4. The van der Waals surface area contributed by atoms with Crippen LogP contribution in [0.1, 0.15) is 92.9 Å². The first-order valence-corrected chi connectivity index (χ1v) is 18.9. The average molecular weight is 489 g/mol. The maximum absolute atomic E-state index is 9.11. The van der Waals surface area contributed by atoms with Gasteiger partial charge in [-0.3, -0.25) is 0 Å². The molecule has 0 unspecified atom stereocenters. The Morgan fingerprint density at radius 1 is 0.562 bits per heavy atom. The quantitative estimate of drug-likeness (QED) is 0.391. The molecule has 2 saturated carbocycles. The Kier molecular flexibility index (Phi) is 11.6. The summed E-state index contributed by atoms with van der Waals surface area (Å²) in [4.78, 5) is 0. The Hall–Kier alpha value is 0.274. The lowest BCUT2D eigenvalue weighted by Gasteiger charge is -2.41. The Balaban J connectivity index is 0.000000320. The summed E-state index contributed by atoms with van der Waals surface area (Å²) in [6, 6.07) is 0. The van der Waals surface area contributed by atoms with E-state index in [4.69, 9.17) is 19.1 Å². The van der Waals surface area contributed by atoms with E-state index in [1.165, 1.54) is 0 Å². The molecule has 0 heterocycles. The minimum Gasteiger partial charge on any atom is -0.414 e. The van der Waals surface area contributed by atoms with E-state index in [1.54, 1.807) is 0 Å². The molecule has 0 bridgehead atoms. The molecule has 6 heteroatoms. The smallest absolute Gasteiger partial charge is 0.192 e. The van der Waals surface area contributed by atoms with Crippen LogP contribution in [0.3, 0.4) is 0 Å². The zero-order valence-electron chi connectivity index (χ0n) is 23.1. The standard InChI is InChI=1S/2C13H28O2Si/c2*1-13(2,3)16(4,5)15-12-8-6-11(10-14)7-9-12/h2*11-12,14H,6-10H2,1-5H3. The molecule has 2 fully saturated rings. The van der Waals surface area contributed by atoms with Crippen molar-refractivity contribution in [3.05, 3.63) is 0 Å². The first-order valence-electron chi connectivity index (χ1n) is 13.1. The molecule has 32 heavy (non-hydrogen) atoms. The van der Waals surface area contributed by atoms with Gasteiger partial charge in [-0.1, -0.05) is 41.5 Å². The van der Waals surface area contributed by atoms with Gasteiger partial charge < -0.3 is 19.1 Å². The Bertz CT molecular complexity index is 473. The highest BCUT2D eigenvalue weighted by molar-refractivity contribution is 6.74. The zero-order chi connectivity index (χ0) is 24.8. The molecule has 2 aliphatic rings. The monoisotopic (exact) mass is 488 g/mol. The van der Waals surface area contributed by atoms with Crippen LogP contribution in [0.25, 0.3) is 0 Å². The predicted molar refractivity (Wildman–Crippen MR) is 142 cm³/mol. The van der Waals surface area contributed by atoms with Gasteiger partial charge in [0.2, 0.25) is 0 Å². The molecule has 0 aromatic carbocycles. The molecule has 0 aromatic rings. The van der Waals surface area contributed by atoms with Crippen LogP contribution in [0.2, 0.25) is 36.3 Å². The van der Waals surface area contributed by atoms with Crippen molar-refractivity contribution in [2.24, 2.45) is 11.8 Å². The average Bonchev–Trinajstić information content (AvgIpc) is 2.67. The van der Waals surface area contributed by atoms with Gasteiger partial charge in [0.15, 0.2) is 16.6 Å². The van der Waals surface area contributed by atoms with Crippen LogP contribution in [-0.2, 0) is 8.85 Å². The van der Waals surface area contributed by atoms with Crippen molar-refractivity contribution in [3.8, 4) is 0 Å². The fraction of sp³-hybridized carbons (Fsp3) is 1.00. The lowest BCUT2D eigenvalue weighted by atomic mass is 9.88. The molecule has 0 aliphatic heterocycles. The highest BCUT2D eigenvalue weighted by Crippen LogP contribution is 2.40. The second-order valence-corrected chi connectivity index (χ2v) is 22.9. The van der Waals surface area contributed by atoms with Gasteiger partial charge in [-0.25, -0.2) is 0 Å². The molecule has 2 rings (SSSR count). The predicted octanol–water partition coefficient (Wildman–Crippen LogP) is 7.12. The summed E-state index contributed by atoms with van der Waals surface area (Å²) < 4.78 is 12.8. The van der Waals surface area contributed by atoms with Gasteiger partial charge in [-0.05, 0) is 99.5 Å². The van der Waals surface area contributed by atoms with Gasteiger partial charge in [0.1, 0.15) is 0 Å². The third kappa shape index (κ3) is 9.49. The fourth-order valence-electron chi connectivity index (χ4n) is 4.05. The van der Waals surface area contributed by atoms with Crippen molar-refractivity contribution >= 4 is 16.6 Å². The Morgan fingerprint density at radius 3 is 1.00 bits per heavy atom. The first kappa shape index (κ1) is 30.3. The van der Waals surface area contributed by atoms with Gasteiger partial charge in [-0.15, -0.1) is 0 Å². The number of rotatable bonds is 6. The molecular formula is C26H56O4Si2. The number of aliphatic hydroxyl groups is 2. The normalized spacial score (nSPS) is 28.1. The molecule has 0 saturated heterocycles. The summed E-state index contributed by atoms with van der Waals surface area (Å²) in [5, 5.41) is 18.8. The summed E-state index contributed by atoms with van der Waals surface area (Å²) in [7, 11) is -3.17. The van der Waals surface area contributed by atoms with E-state index in [0.29, 0.717) is 47.3 Å². The molecule has 2 aliphatic carbocycles.